The Hall–Kier alpha value is -2.96. The summed E-state index contributed by atoms with van der Waals surface area (Å²) in [7, 11) is 1.52. The van der Waals surface area contributed by atoms with Gasteiger partial charge in [0.1, 0.15) is 5.69 Å². The van der Waals surface area contributed by atoms with Gasteiger partial charge in [0.2, 0.25) is 5.88 Å². The van der Waals surface area contributed by atoms with Gasteiger partial charge in [0.25, 0.3) is 0 Å². The molecule has 7 nitrogen and oxygen atoms in total. The molecule has 20 heavy (non-hydrogen) atoms. The maximum absolute atomic E-state index is 10.9. The Bertz CT molecular complexity index is 716. The molecule has 3 heterocycles. The van der Waals surface area contributed by atoms with E-state index in [1.165, 1.54) is 7.11 Å². The van der Waals surface area contributed by atoms with Crippen LogP contribution in [0.4, 0.5) is 0 Å². The molecule has 0 unspecified atom stereocenters. The first-order chi connectivity index (χ1) is 9.81. The number of carbonyl (C=O) groups is 1. The van der Waals surface area contributed by atoms with E-state index in [9.17, 15) is 4.79 Å². The highest BCUT2D eigenvalue weighted by atomic mass is 16.5. The van der Waals surface area contributed by atoms with Crippen molar-refractivity contribution in [3.8, 4) is 23.0 Å². The summed E-state index contributed by atoms with van der Waals surface area (Å²) in [6.07, 6.45) is 4.32. The molecule has 3 aromatic rings. The minimum atomic E-state index is 0.332. The van der Waals surface area contributed by atoms with E-state index in [2.05, 4.69) is 20.3 Å². The van der Waals surface area contributed by atoms with Gasteiger partial charge < -0.3 is 9.72 Å². The van der Waals surface area contributed by atoms with Crippen molar-refractivity contribution in [3.63, 3.8) is 0 Å². The predicted molar refractivity (Wildman–Crippen MR) is 70.9 cm³/mol. The number of hydrogen-bond acceptors (Lipinski definition) is 5. The van der Waals surface area contributed by atoms with E-state index in [1.807, 2.05) is 12.3 Å². The molecule has 0 saturated carbocycles. The summed E-state index contributed by atoms with van der Waals surface area (Å²) in [5, 5.41) is 12.1. The molecule has 0 bridgehead atoms. The molecule has 0 aromatic carbocycles. The second kappa shape index (κ2) is 4.96. The van der Waals surface area contributed by atoms with Crippen LogP contribution >= 0.6 is 0 Å². The summed E-state index contributed by atoms with van der Waals surface area (Å²) in [6, 6.07) is 7.00. The number of ether oxygens (including phenoxy) is 1. The second-order valence-corrected chi connectivity index (χ2v) is 4.02. The number of H-pyrrole nitrogens is 1. The Morgan fingerprint density at radius 1 is 1.30 bits per heavy atom. The van der Waals surface area contributed by atoms with E-state index >= 15 is 0 Å². The van der Waals surface area contributed by atoms with Crippen molar-refractivity contribution in [3.05, 3.63) is 42.4 Å². The molecule has 0 saturated heterocycles. The van der Waals surface area contributed by atoms with Crippen molar-refractivity contribution in [1.29, 1.82) is 0 Å². The van der Waals surface area contributed by atoms with Gasteiger partial charge in [-0.2, -0.15) is 5.10 Å². The van der Waals surface area contributed by atoms with Gasteiger partial charge in [-0.1, -0.05) is 0 Å². The monoisotopic (exact) mass is 269 g/mol. The Labute approximate surface area is 114 Å². The molecule has 0 aliphatic heterocycles. The number of methoxy groups -OCH3 is 1. The lowest BCUT2D eigenvalue weighted by molar-refractivity contribution is 0.111. The first-order valence-corrected chi connectivity index (χ1v) is 5.88. The van der Waals surface area contributed by atoms with Gasteiger partial charge in [-0.25, -0.2) is 4.68 Å². The highest BCUT2D eigenvalue weighted by Crippen LogP contribution is 2.22. The average molecular weight is 269 g/mol. The number of aromatic amines is 1. The summed E-state index contributed by atoms with van der Waals surface area (Å²) in [5.74, 6) is 0.926. The van der Waals surface area contributed by atoms with E-state index < -0.39 is 0 Å². The van der Waals surface area contributed by atoms with Crippen LogP contribution in [-0.2, 0) is 0 Å². The molecule has 0 aliphatic carbocycles. The SMILES string of the molecule is COc1ccc(-n2nc(C=O)cc2-c2cc[nH]c2)nn1. The highest BCUT2D eigenvalue weighted by Gasteiger charge is 2.13. The topological polar surface area (TPSA) is 85.7 Å². The molecular weight excluding hydrogens is 258 g/mol. The fraction of sp³-hybridized carbons (Fsp3) is 0.0769. The van der Waals surface area contributed by atoms with Crippen LogP contribution in [-0.4, -0.2) is 38.4 Å². The van der Waals surface area contributed by atoms with Crippen molar-refractivity contribution in [2.45, 2.75) is 0 Å². The molecule has 3 rings (SSSR count). The zero-order chi connectivity index (χ0) is 13.9. The van der Waals surface area contributed by atoms with Gasteiger partial charge in [0.05, 0.1) is 12.8 Å². The number of nitrogens with zero attached hydrogens (tertiary/aromatic N) is 4. The molecular formula is C13H11N5O2. The van der Waals surface area contributed by atoms with E-state index in [0.29, 0.717) is 23.7 Å². The lowest BCUT2D eigenvalue weighted by Crippen LogP contribution is -2.03. The normalized spacial score (nSPS) is 10.4. The molecule has 0 amide bonds. The van der Waals surface area contributed by atoms with Crippen molar-refractivity contribution in [2.24, 2.45) is 0 Å². The average Bonchev–Trinajstić information content (AvgIpc) is 3.16. The largest absolute Gasteiger partial charge is 0.480 e. The van der Waals surface area contributed by atoms with Gasteiger partial charge in [0.15, 0.2) is 12.1 Å². The van der Waals surface area contributed by atoms with E-state index in [4.69, 9.17) is 4.74 Å². The smallest absolute Gasteiger partial charge is 0.233 e. The van der Waals surface area contributed by atoms with E-state index in [0.717, 1.165) is 11.3 Å². The van der Waals surface area contributed by atoms with Crippen LogP contribution in [0.2, 0.25) is 0 Å². The molecule has 1 N–H and O–H groups in total. The van der Waals surface area contributed by atoms with Crippen LogP contribution in [0.1, 0.15) is 10.5 Å². The number of carbonyl (C=O) groups excluding carboxylic acids is 1. The summed E-state index contributed by atoms with van der Waals surface area (Å²) in [5.41, 5.74) is 2.00. The third-order valence-corrected chi connectivity index (χ3v) is 2.79. The number of rotatable bonds is 4. The van der Waals surface area contributed by atoms with Crippen LogP contribution < -0.4 is 4.74 Å². The van der Waals surface area contributed by atoms with Gasteiger partial charge >= 0.3 is 0 Å². The maximum atomic E-state index is 10.9. The molecule has 3 aromatic heterocycles. The summed E-state index contributed by atoms with van der Waals surface area (Å²) in [4.78, 5) is 13.9. The molecule has 100 valence electrons. The Balaban J connectivity index is 2.11. The van der Waals surface area contributed by atoms with Gasteiger partial charge in [0, 0.05) is 24.0 Å². The van der Waals surface area contributed by atoms with Crippen LogP contribution in [0.15, 0.2) is 36.7 Å². The van der Waals surface area contributed by atoms with Crippen molar-refractivity contribution < 1.29 is 9.53 Å². The standard InChI is InChI=1S/C13H11N5O2/c1-20-13-3-2-12(15-16-13)18-11(6-10(8-19)17-18)9-4-5-14-7-9/h2-8,14H,1H3. The third-order valence-electron chi connectivity index (χ3n) is 2.79. The number of hydrogen-bond donors (Lipinski definition) is 1. The zero-order valence-corrected chi connectivity index (χ0v) is 10.6. The predicted octanol–water partition coefficient (Wildman–Crippen LogP) is 1.48. The zero-order valence-electron chi connectivity index (χ0n) is 10.6. The first kappa shape index (κ1) is 12.1. The Morgan fingerprint density at radius 3 is 2.80 bits per heavy atom. The van der Waals surface area contributed by atoms with Crippen LogP contribution in [0.3, 0.4) is 0 Å². The summed E-state index contributed by atoms with van der Waals surface area (Å²) >= 11 is 0. The van der Waals surface area contributed by atoms with Crippen molar-refractivity contribution in [1.82, 2.24) is 25.0 Å². The highest BCUT2D eigenvalue weighted by molar-refractivity contribution is 5.76. The minimum absolute atomic E-state index is 0.332. The van der Waals surface area contributed by atoms with Crippen LogP contribution in [0, 0.1) is 0 Å². The van der Waals surface area contributed by atoms with Gasteiger partial charge in [-0.05, 0) is 18.2 Å². The first-order valence-electron chi connectivity index (χ1n) is 5.88. The lowest BCUT2D eigenvalue weighted by Gasteiger charge is -2.04. The Kier molecular flexibility index (Phi) is 3.00. The van der Waals surface area contributed by atoms with Gasteiger partial charge in [-0.15, -0.1) is 10.2 Å². The number of aldehydes is 1. The van der Waals surface area contributed by atoms with Crippen molar-refractivity contribution in [2.75, 3.05) is 7.11 Å². The number of aromatic nitrogens is 5. The number of nitrogens with one attached hydrogen (secondary N) is 1. The van der Waals surface area contributed by atoms with Crippen LogP contribution in [0.5, 0.6) is 5.88 Å². The van der Waals surface area contributed by atoms with E-state index in [-0.39, 0.29) is 0 Å². The molecule has 0 radical (unpaired) electrons. The minimum Gasteiger partial charge on any atom is -0.480 e. The third kappa shape index (κ3) is 2.05. The quantitative estimate of drug-likeness (QED) is 0.725. The van der Waals surface area contributed by atoms with E-state index in [1.54, 1.807) is 29.1 Å². The summed E-state index contributed by atoms with van der Waals surface area (Å²) in [6.45, 7) is 0. The molecule has 0 atom stereocenters. The molecule has 0 fully saturated rings. The van der Waals surface area contributed by atoms with Crippen molar-refractivity contribution >= 4 is 6.29 Å². The molecule has 0 spiro atoms. The summed E-state index contributed by atoms with van der Waals surface area (Å²) < 4.78 is 6.54. The lowest BCUT2D eigenvalue weighted by atomic mass is 10.2. The van der Waals surface area contributed by atoms with Crippen LogP contribution in [0.25, 0.3) is 17.1 Å². The second-order valence-electron chi connectivity index (χ2n) is 4.02. The maximum Gasteiger partial charge on any atom is 0.233 e. The fourth-order valence-electron chi connectivity index (χ4n) is 1.86. The van der Waals surface area contributed by atoms with Gasteiger partial charge in [-0.3, -0.25) is 4.79 Å². The Morgan fingerprint density at radius 2 is 2.20 bits per heavy atom. The molecule has 7 heteroatoms. The fourth-order valence-corrected chi connectivity index (χ4v) is 1.86. The molecule has 0 aliphatic rings.